The molecule has 1 saturated carbocycles. The Balaban J connectivity index is 1.55. The summed E-state index contributed by atoms with van der Waals surface area (Å²) < 4.78 is 5.68. The van der Waals surface area contributed by atoms with Crippen LogP contribution < -0.4 is 21.5 Å². The van der Waals surface area contributed by atoms with Crippen LogP contribution in [0.25, 0.3) is 0 Å². The van der Waals surface area contributed by atoms with Gasteiger partial charge in [-0.1, -0.05) is 0 Å². The molecule has 0 aromatic heterocycles. The van der Waals surface area contributed by atoms with Gasteiger partial charge in [0, 0.05) is 23.7 Å². The summed E-state index contributed by atoms with van der Waals surface area (Å²) in [6.07, 6.45) is 2.31. The third kappa shape index (κ3) is 4.58. The Bertz CT molecular complexity index is 752. The van der Waals surface area contributed by atoms with E-state index in [1.54, 1.807) is 48.5 Å². The molecule has 5 N–H and O–H groups in total. The highest BCUT2D eigenvalue weighted by atomic mass is 16.5. The summed E-state index contributed by atoms with van der Waals surface area (Å²) in [5, 5.41) is 2.86. The van der Waals surface area contributed by atoms with Gasteiger partial charge in [0.15, 0.2) is 0 Å². The van der Waals surface area contributed by atoms with E-state index in [-0.39, 0.29) is 11.9 Å². The molecule has 1 unspecified atom stereocenters. The van der Waals surface area contributed by atoms with Crippen LogP contribution in [0.4, 0.5) is 0 Å². The van der Waals surface area contributed by atoms with Crippen LogP contribution in [0.5, 0.6) is 11.5 Å². The first kappa shape index (κ1) is 17.0. The molecule has 2 amide bonds. The van der Waals surface area contributed by atoms with Crippen LogP contribution in [-0.2, 0) is 0 Å². The molecule has 0 spiro atoms. The molecule has 130 valence electrons. The molecule has 1 aliphatic rings. The lowest BCUT2D eigenvalue weighted by molar-refractivity contribution is 0.0949. The standard InChI is InChI=1S/C19H21N3O3/c20-17(12-1-2-12)11-22-19(24)14-5-9-16(10-6-14)25-15-7-3-13(4-8-15)18(21)23/h3-10,12,17H,1-2,11,20H2,(H2,21,23)(H,22,24). The maximum absolute atomic E-state index is 12.1. The molecule has 0 aliphatic heterocycles. The zero-order valence-corrected chi connectivity index (χ0v) is 13.8. The predicted molar refractivity (Wildman–Crippen MR) is 94.5 cm³/mol. The van der Waals surface area contributed by atoms with Crippen LogP contribution in [0, 0.1) is 5.92 Å². The van der Waals surface area contributed by atoms with Crippen molar-refractivity contribution in [3.05, 3.63) is 59.7 Å². The number of carbonyl (C=O) groups is 2. The van der Waals surface area contributed by atoms with E-state index in [1.807, 2.05) is 0 Å². The SMILES string of the molecule is NC(=O)c1ccc(Oc2ccc(C(=O)NCC(N)C3CC3)cc2)cc1. The molecule has 1 atom stereocenters. The zero-order chi connectivity index (χ0) is 17.8. The number of hydrogen-bond acceptors (Lipinski definition) is 4. The lowest BCUT2D eigenvalue weighted by Crippen LogP contribution is -2.38. The summed E-state index contributed by atoms with van der Waals surface area (Å²) in [4.78, 5) is 23.2. The Hall–Kier alpha value is -2.86. The minimum Gasteiger partial charge on any atom is -0.457 e. The van der Waals surface area contributed by atoms with Gasteiger partial charge in [-0.05, 0) is 67.3 Å². The number of ether oxygens (including phenoxy) is 1. The van der Waals surface area contributed by atoms with Crippen molar-refractivity contribution in [2.24, 2.45) is 17.4 Å². The third-order valence-electron chi connectivity index (χ3n) is 4.22. The number of carbonyl (C=O) groups excluding carboxylic acids is 2. The van der Waals surface area contributed by atoms with Crippen LogP contribution in [-0.4, -0.2) is 24.4 Å². The second kappa shape index (κ2) is 7.36. The van der Waals surface area contributed by atoms with Crippen molar-refractivity contribution in [3.8, 4) is 11.5 Å². The largest absolute Gasteiger partial charge is 0.457 e. The molecule has 6 nitrogen and oxygen atoms in total. The van der Waals surface area contributed by atoms with E-state index in [1.165, 1.54) is 0 Å². The van der Waals surface area contributed by atoms with E-state index in [0.717, 1.165) is 12.8 Å². The number of amides is 2. The van der Waals surface area contributed by atoms with Crippen LogP contribution >= 0.6 is 0 Å². The minimum absolute atomic E-state index is 0.0370. The lowest BCUT2D eigenvalue weighted by atomic mass is 10.1. The monoisotopic (exact) mass is 339 g/mol. The van der Waals surface area contributed by atoms with E-state index in [0.29, 0.717) is 35.1 Å². The van der Waals surface area contributed by atoms with Crippen molar-refractivity contribution >= 4 is 11.8 Å². The van der Waals surface area contributed by atoms with Crippen LogP contribution in [0.15, 0.2) is 48.5 Å². The highest BCUT2D eigenvalue weighted by Crippen LogP contribution is 2.31. The maximum Gasteiger partial charge on any atom is 0.251 e. The van der Waals surface area contributed by atoms with Crippen molar-refractivity contribution in [1.29, 1.82) is 0 Å². The molecule has 0 heterocycles. The maximum atomic E-state index is 12.1. The van der Waals surface area contributed by atoms with Gasteiger partial charge in [0.25, 0.3) is 5.91 Å². The Morgan fingerprint density at radius 1 is 1.00 bits per heavy atom. The number of nitrogens with two attached hydrogens (primary N) is 2. The van der Waals surface area contributed by atoms with E-state index < -0.39 is 5.91 Å². The van der Waals surface area contributed by atoms with Crippen molar-refractivity contribution < 1.29 is 14.3 Å². The summed E-state index contributed by atoms with van der Waals surface area (Å²) in [5.41, 5.74) is 12.2. The summed E-state index contributed by atoms with van der Waals surface area (Å²) in [6.45, 7) is 0.494. The third-order valence-corrected chi connectivity index (χ3v) is 4.22. The van der Waals surface area contributed by atoms with E-state index in [4.69, 9.17) is 16.2 Å². The average molecular weight is 339 g/mol. The summed E-state index contributed by atoms with van der Waals surface area (Å²) >= 11 is 0. The first-order chi connectivity index (χ1) is 12.0. The Kier molecular flexibility index (Phi) is 5.00. The molecule has 2 aromatic rings. The Morgan fingerprint density at radius 2 is 1.52 bits per heavy atom. The van der Waals surface area contributed by atoms with Gasteiger partial charge in [0.2, 0.25) is 5.91 Å². The van der Waals surface area contributed by atoms with Crippen molar-refractivity contribution in [2.45, 2.75) is 18.9 Å². The number of primary amides is 1. The summed E-state index contributed by atoms with van der Waals surface area (Å²) in [6, 6.07) is 13.4. The van der Waals surface area contributed by atoms with Gasteiger partial charge in [-0.25, -0.2) is 0 Å². The van der Waals surface area contributed by atoms with Crippen molar-refractivity contribution in [3.63, 3.8) is 0 Å². The van der Waals surface area contributed by atoms with Crippen LogP contribution in [0.1, 0.15) is 33.6 Å². The first-order valence-electron chi connectivity index (χ1n) is 8.24. The summed E-state index contributed by atoms with van der Waals surface area (Å²) in [5.74, 6) is 1.10. The van der Waals surface area contributed by atoms with Gasteiger partial charge >= 0.3 is 0 Å². The molecule has 25 heavy (non-hydrogen) atoms. The second-order valence-corrected chi connectivity index (χ2v) is 6.23. The summed E-state index contributed by atoms with van der Waals surface area (Å²) in [7, 11) is 0. The normalized spacial score (nSPS) is 14.6. The molecule has 6 heteroatoms. The zero-order valence-electron chi connectivity index (χ0n) is 13.8. The highest BCUT2D eigenvalue weighted by molar-refractivity contribution is 5.94. The number of nitrogens with one attached hydrogen (secondary N) is 1. The highest BCUT2D eigenvalue weighted by Gasteiger charge is 2.28. The van der Waals surface area contributed by atoms with Gasteiger partial charge in [-0.3, -0.25) is 9.59 Å². The molecule has 3 rings (SSSR count). The second-order valence-electron chi connectivity index (χ2n) is 6.23. The van der Waals surface area contributed by atoms with Gasteiger partial charge in [-0.15, -0.1) is 0 Å². The van der Waals surface area contributed by atoms with Crippen LogP contribution in [0.2, 0.25) is 0 Å². The van der Waals surface area contributed by atoms with Crippen molar-refractivity contribution in [2.75, 3.05) is 6.54 Å². The Labute approximate surface area is 146 Å². The fraction of sp³-hybridized carbons (Fsp3) is 0.263. The lowest BCUT2D eigenvalue weighted by Gasteiger charge is -2.12. The van der Waals surface area contributed by atoms with E-state index in [9.17, 15) is 9.59 Å². The molecule has 0 bridgehead atoms. The molecule has 1 fully saturated rings. The molecule has 0 saturated heterocycles. The smallest absolute Gasteiger partial charge is 0.251 e. The van der Waals surface area contributed by atoms with Gasteiger partial charge < -0.3 is 21.5 Å². The molecule has 2 aromatic carbocycles. The van der Waals surface area contributed by atoms with Gasteiger partial charge in [0.1, 0.15) is 11.5 Å². The molecular formula is C19H21N3O3. The minimum atomic E-state index is -0.483. The fourth-order valence-electron chi connectivity index (χ4n) is 2.50. The fourth-order valence-corrected chi connectivity index (χ4v) is 2.50. The Morgan fingerprint density at radius 3 is 2.00 bits per heavy atom. The van der Waals surface area contributed by atoms with E-state index in [2.05, 4.69) is 5.32 Å². The predicted octanol–water partition coefficient (Wildman–Crippen LogP) is 2.04. The molecule has 0 radical (unpaired) electrons. The molecular weight excluding hydrogens is 318 g/mol. The van der Waals surface area contributed by atoms with Gasteiger partial charge in [0.05, 0.1) is 0 Å². The topological polar surface area (TPSA) is 107 Å². The van der Waals surface area contributed by atoms with E-state index >= 15 is 0 Å². The van der Waals surface area contributed by atoms with Crippen LogP contribution in [0.3, 0.4) is 0 Å². The quantitative estimate of drug-likeness (QED) is 0.717. The number of hydrogen-bond donors (Lipinski definition) is 3. The first-order valence-corrected chi connectivity index (χ1v) is 8.24. The van der Waals surface area contributed by atoms with Crippen molar-refractivity contribution in [1.82, 2.24) is 5.32 Å². The molecule has 1 aliphatic carbocycles. The number of benzene rings is 2. The number of rotatable bonds is 7. The van der Waals surface area contributed by atoms with Gasteiger partial charge in [-0.2, -0.15) is 0 Å². The average Bonchev–Trinajstić information content (AvgIpc) is 3.45.